The fourth-order valence-corrected chi connectivity index (χ4v) is 4.59. The third-order valence-corrected chi connectivity index (χ3v) is 6.51. The molecule has 1 aromatic carbocycles. The Balaban J connectivity index is 1.41. The summed E-state index contributed by atoms with van der Waals surface area (Å²) in [5.41, 5.74) is 5.13. The van der Waals surface area contributed by atoms with Gasteiger partial charge in [-0.05, 0) is 44.0 Å². The fourth-order valence-electron chi connectivity index (χ4n) is 4.44. The van der Waals surface area contributed by atoms with Crippen LogP contribution in [0.15, 0.2) is 36.7 Å². The topological polar surface area (TPSA) is 98.0 Å². The Morgan fingerprint density at radius 1 is 1.16 bits per heavy atom. The van der Waals surface area contributed by atoms with E-state index in [1.807, 2.05) is 37.5 Å². The van der Waals surface area contributed by atoms with Crippen LogP contribution in [0.25, 0.3) is 0 Å². The second-order valence-corrected chi connectivity index (χ2v) is 8.73. The van der Waals surface area contributed by atoms with Crippen molar-refractivity contribution in [1.29, 1.82) is 0 Å². The van der Waals surface area contributed by atoms with E-state index >= 15 is 0 Å². The van der Waals surface area contributed by atoms with Crippen LogP contribution in [0.3, 0.4) is 0 Å². The molecule has 1 amide bonds. The quantitative estimate of drug-likeness (QED) is 0.467. The van der Waals surface area contributed by atoms with E-state index in [1.165, 1.54) is 0 Å². The molecule has 2 aliphatic heterocycles. The van der Waals surface area contributed by atoms with Crippen LogP contribution in [-0.2, 0) is 6.42 Å². The number of likely N-dealkylation sites (N-methyl/N-ethyl adjacent to an activating group) is 1. The predicted octanol–water partition coefficient (Wildman–Crippen LogP) is 4.04. The van der Waals surface area contributed by atoms with Crippen LogP contribution < -0.4 is 16.0 Å². The Morgan fingerprint density at radius 3 is 2.84 bits per heavy atom. The molecule has 3 aromatic rings. The third kappa shape index (κ3) is 4.03. The summed E-state index contributed by atoms with van der Waals surface area (Å²) < 4.78 is 0. The molecule has 2 aromatic heterocycles. The highest BCUT2D eigenvalue weighted by Crippen LogP contribution is 2.34. The number of hydrogen-bond acceptors (Lipinski definition) is 6. The van der Waals surface area contributed by atoms with E-state index in [0.29, 0.717) is 28.0 Å². The van der Waals surface area contributed by atoms with E-state index in [-0.39, 0.29) is 5.91 Å². The van der Waals surface area contributed by atoms with Crippen molar-refractivity contribution in [1.82, 2.24) is 25.4 Å². The number of halogens is 1. The minimum atomic E-state index is 0.0166. The van der Waals surface area contributed by atoms with Gasteiger partial charge in [0.2, 0.25) is 0 Å². The zero-order valence-corrected chi connectivity index (χ0v) is 18.7. The Hall–Kier alpha value is -3.10. The van der Waals surface area contributed by atoms with Crippen LogP contribution in [0, 0.1) is 0 Å². The van der Waals surface area contributed by atoms with Crippen molar-refractivity contribution in [3.05, 3.63) is 58.5 Å². The van der Waals surface area contributed by atoms with Gasteiger partial charge in [0.05, 0.1) is 39.5 Å². The van der Waals surface area contributed by atoms with Crippen molar-refractivity contribution in [3.63, 3.8) is 0 Å². The molecule has 5 rings (SSSR count). The normalized spacial score (nSPS) is 16.7. The van der Waals surface area contributed by atoms with Crippen molar-refractivity contribution >= 4 is 40.4 Å². The number of rotatable bonds is 5. The number of fused-ring (bicyclic) bond motifs is 1. The molecular formula is C23H26ClN7O. The minimum absolute atomic E-state index is 0.0166. The van der Waals surface area contributed by atoms with E-state index in [1.54, 1.807) is 11.1 Å². The van der Waals surface area contributed by atoms with Gasteiger partial charge in [0.15, 0.2) is 0 Å². The Morgan fingerprint density at radius 2 is 2.00 bits per heavy atom. The molecule has 32 heavy (non-hydrogen) atoms. The predicted molar refractivity (Wildman–Crippen MR) is 126 cm³/mol. The molecule has 4 heterocycles. The molecule has 9 heteroatoms. The van der Waals surface area contributed by atoms with Crippen LogP contribution in [0.4, 0.5) is 22.9 Å². The number of nitrogens with zero attached hydrogens (tertiary/aromatic N) is 3. The summed E-state index contributed by atoms with van der Waals surface area (Å²) in [7, 11) is 1.83. The largest absolute Gasteiger partial charge is 0.353 e. The summed E-state index contributed by atoms with van der Waals surface area (Å²) in [4.78, 5) is 19.0. The lowest BCUT2D eigenvalue weighted by Gasteiger charge is -2.27. The van der Waals surface area contributed by atoms with Crippen LogP contribution in [0.2, 0.25) is 5.02 Å². The van der Waals surface area contributed by atoms with Gasteiger partial charge in [0.25, 0.3) is 5.91 Å². The molecular weight excluding hydrogens is 426 g/mol. The molecule has 0 aliphatic carbocycles. The maximum Gasteiger partial charge on any atom is 0.255 e. The molecule has 0 radical (unpaired) electrons. The number of aromatic amines is 1. The minimum Gasteiger partial charge on any atom is -0.353 e. The first-order valence-corrected chi connectivity index (χ1v) is 11.3. The first kappa shape index (κ1) is 20.8. The number of benzene rings is 1. The number of nitrogens with one attached hydrogen (secondary N) is 4. The van der Waals surface area contributed by atoms with E-state index in [0.717, 1.165) is 61.5 Å². The molecule has 8 nitrogen and oxygen atoms in total. The number of amides is 1. The molecule has 0 spiro atoms. The van der Waals surface area contributed by atoms with Crippen molar-refractivity contribution in [2.75, 3.05) is 37.3 Å². The average molecular weight is 452 g/mol. The second kappa shape index (κ2) is 8.80. The third-order valence-electron chi connectivity index (χ3n) is 6.21. The smallest absolute Gasteiger partial charge is 0.255 e. The van der Waals surface area contributed by atoms with Crippen LogP contribution in [0.1, 0.15) is 40.4 Å². The van der Waals surface area contributed by atoms with Gasteiger partial charge in [-0.2, -0.15) is 5.10 Å². The number of piperidine rings is 1. The molecule has 0 unspecified atom stereocenters. The zero-order chi connectivity index (χ0) is 22.1. The molecule has 166 valence electrons. The number of carbonyl (C=O) groups is 1. The van der Waals surface area contributed by atoms with E-state index in [9.17, 15) is 4.79 Å². The lowest BCUT2D eigenvalue weighted by atomic mass is 9.94. The Kier molecular flexibility index (Phi) is 5.71. The van der Waals surface area contributed by atoms with Crippen molar-refractivity contribution in [2.24, 2.45) is 0 Å². The van der Waals surface area contributed by atoms with Crippen molar-refractivity contribution in [2.45, 2.75) is 25.2 Å². The SMILES string of the molecule is CN1CCc2cccc(Nc3cc(Nc4c[nH]nc4C4CCNCC4)ncc3Cl)c2C1=O. The number of H-pyrrole nitrogens is 1. The fraction of sp³-hybridized carbons (Fsp3) is 0.348. The van der Waals surface area contributed by atoms with Gasteiger partial charge in [-0.1, -0.05) is 23.7 Å². The lowest BCUT2D eigenvalue weighted by Crippen LogP contribution is -2.34. The number of pyridine rings is 1. The van der Waals surface area contributed by atoms with Crippen molar-refractivity contribution < 1.29 is 4.79 Å². The summed E-state index contributed by atoms with van der Waals surface area (Å²) in [6, 6.07) is 7.74. The van der Waals surface area contributed by atoms with Crippen LogP contribution in [-0.4, -0.2) is 52.7 Å². The van der Waals surface area contributed by atoms with E-state index in [2.05, 4.69) is 31.1 Å². The summed E-state index contributed by atoms with van der Waals surface area (Å²) in [5.74, 6) is 1.08. The molecule has 0 bridgehead atoms. The van der Waals surface area contributed by atoms with Crippen LogP contribution >= 0.6 is 11.6 Å². The molecule has 0 saturated carbocycles. The highest BCUT2D eigenvalue weighted by Gasteiger charge is 2.25. The van der Waals surface area contributed by atoms with Gasteiger partial charge in [-0.25, -0.2) is 4.98 Å². The van der Waals surface area contributed by atoms with Crippen LogP contribution in [0.5, 0.6) is 0 Å². The first-order valence-electron chi connectivity index (χ1n) is 10.9. The van der Waals surface area contributed by atoms with E-state index < -0.39 is 0 Å². The van der Waals surface area contributed by atoms with Crippen molar-refractivity contribution in [3.8, 4) is 0 Å². The number of hydrogen-bond donors (Lipinski definition) is 4. The monoisotopic (exact) mass is 451 g/mol. The number of carbonyl (C=O) groups excluding carboxylic acids is 1. The average Bonchev–Trinajstić information content (AvgIpc) is 3.27. The first-order chi connectivity index (χ1) is 15.6. The number of aromatic nitrogens is 3. The van der Waals surface area contributed by atoms with Gasteiger partial charge < -0.3 is 20.9 Å². The Labute approximate surface area is 191 Å². The van der Waals surface area contributed by atoms with Gasteiger partial charge in [0.1, 0.15) is 5.82 Å². The summed E-state index contributed by atoms with van der Waals surface area (Å²) in [6.07, 6.45) is 6.43. The highest BCUT2D eigenvalue weighted by atomic mass is 35.5. The standard InChI is InChI=1S/C23H26ClN7O/c1-31-10-7-14-3-2-4-17(21(14)23(31)32)28-18-11-20(26-12-16(18)24)29-19-13-27-30-22(19)15-5-8-25-9-6-15/h2-4,11-13,15,25H,5-10H2,1H3,(H,27,30)(H2,26,28,29). The number of anilines is 4. The molecule has 2 aliphatic rings. The highest BCUT2D eigenvalue weighted by molar-refractivity contribution is 6.33. The molecule has 1 fully saturated rings. The Bertz CT molecular complexity index is 1140. The molecule has 0 atom stereocenters. The van der Waals surface area contributed by atoms with Gasteiger partial charge in [0, 0.05) is 31.8 Å². The van der Waals surface area contributed by atoms with Gasteiger partial charge in [-0.3, -0.25) is 9.89 Å². The molecule has 4 N–H and O–H groups in total. The second-order valence-electron chi connectivity index (χ2n) is 8.32. The summed E-state index contributed by atoms with van der Waals surface area (Å²) >= 11 is 6.46. The maximum absolute atomic E-state index is 12.8. The summed E-state index contributed by atoms with van der Waals surface area (Å²) in [6.45, 7) is 2.72. The molecule has 1 saturated heterocycles. The lowest BCUT2D eigenvalue weighted by molar-refractivity contribution is 0.0782. The van der Waals surface area contributed by atoms with Gasteiger partial charge in [-0.15, -0.1) is 0 Å². The summed E-state index contributed by atoms with van der Waals surface area (Å²) in [5, 5.41) is 18.1. The zero-order valence-electron chi connectivity index (χ0n) is 17.9. The van der Waals surface area contributed by atoms with Gasteiger partial charge >= 0.3 is 0 Å². The van der Waals surface area contributed by atoms with E-state index in [4.69, 9.17) is 11.6 Å². The maximum atomic E-state index is 12.8.